The summed E-state index contributed by atoms with van der Waals surface area (Å²) in [5, 5.41) is 4.58. The van der Waals surface area contributed by atoms with Crippen molar-refractivity contribution in [2.45, 2.75) is 26.4 Å². The Bertz CT molecular complexity index is 848. The van der Waals surface area contributed by atoms with Crippen molar-refractivity contribution in [2.24, 2.45) is 0 Å². The molecular weight excluding hydrogens is 349 g/mol. The summed E-state index contributed by atoms with van der Waals surface area (Å²) in [5.41, 5.74) is -1.27. The van der Waals surface area contributed by atoms with Gasteiger partial charge in [0.15, 0.2) is 0 Å². The Morgan fingerprint density at radius 3 is 2.23 bits per heavy atom. The van der Waals surface area contributed by atoms with Gasteiger partial charge in [0, 0.05) is 11.8 Å². The molecule has 0 fully saturated rings. The first-order valence-corrected chi connectivity index (χ1v) is 7.61. The maximum absolute atomic E-state index is 13.8. The Morgan fingerprint density at radius 2 is 1.62 bits per heavy atom. The van der Waals surface area contributed by atoms with E-state index in [1.165, 1.54) is 6.07 Å². The summed E-state index contributed by atoms with van der Waals surface area (Å²) < 4.78 is 45.4. The van der Waals surface area contributed by atoms with E-state index >= 15 is 0 Å². The van der Waals surface area contributed by atoms with Gasteiger partial charge in [-0.3, -0.25) is 10.1 Å². The second-order valence-corrected chi connectivity index (χ2v) is 6.40. The van der Waals surface area contributed by atoms with Crippen molar-refractivity contribution in [3.05, 3.63) is 59.4 Å². The van der Waals surface area contributed by atoms with Crippen LogP contribution in [0.1, 0.15) is 31.1 Å². The Kier molecular flexibility index (Phi) is 5.54. The summed E-state index contributed by atoms with van der Waals surface area (Å²) >= 11 is 0. The molecule has 0 radical (unpaired) electrons. The van der Waals surface area contributed by atoms with Crippen molar-refractivity contribution in [3.63, 3.8) is 0 Å². The van der Waals surface area contributed by atoms with Crippen LogP contribution in [-0.4, -0.2) is 17.6 Å². The Morgan fingerprint density at radius 1 is 0.923 bits per heavy atom. The van der Waals surface area contributed by atoms with Crippen LogP contribution < -0.4 is 10.6 Å². The maximum atomic E-state index is 13.8. The molecule has 0 unspecified atom stereocenters. The van der Waals surface area contributed by atoms with Gasteiger partial charge in [0.05, 0.1) is 11.3 Å². The first-order valence-electron chi connectivity index (χ1n) is 7.61. The molecule has 0 saturated heterocycles. The van der Waals surface area contributed by atoms with Gasteiger partial charge in [0.1, 0.15) is 23.1 Å². The highest BCUT2D eigenvalue weighted by atomic mass is 19.1. The fourth-order valence-electron chi connectivity index (χ4n) is 1.98. The number of amides is 2. The second-order valence-electron chi connectivity index (χ2n) is 6.40. The summed E-state index contributed by atoms with van der Waals surface area (Å²) in [4.78, 5) is 23.8. The van der Waals surface area contributed by atoms with E-state index < -0.39 is 35.1 Å². The molecule has 0 saturated carbocycles. The molecule has 2 N–H and O–H groups in total. The quantitative estimate of drug-likeness (QED) is 0.827. The minimum atomic E-state index is -1.03. The van der Waals surface area contributed by atoms with Crippen LogP contribution in [0.3, 0.4) is 0 Å². The van der Waals surface area contributed by atoms with E-state index in [4.69, 9.17) is 4.74 Å². The lowest BCUT2D eigenvalue weighted by Crippen LogP contribution is -2.27. The summed E-state index contributed by atoms with van der Waals surface area (Å²) in [6.07, 6.45) is -0.871. The van der Waals surface area contributed by atoms with Crippen LogP contribution in [0.25, 0.3) is 0 Å². The van der Waals surface area contributed by atoms with E-state index in [0.29, 0.717) is 6.07 Å². The third kappa shape index (κ3) is 5.23. The smallest absolute Gasteiger partial charge is 0.412 e. The van der Waals surface area contributed by atoms with Crippen LogP contribution in [0.4, 0.5) is 29.3 Å². The average molecular weight is 366 g/mol. The lowest BCUT2D eigenvalue weighted by Gasteiger charge is -2.20. The van der Waals surface area contributed by atoms with E-state index in [2.05, 4.69) is 10.6 Å². The minimum Gasteiger partial charge on any atom is -0.444 e. The van der Waals surface area contributed by atoms with Gasteiger partial charge in [-0.2, -0.15) is 0 Å². The maximum Gasteiger partial charge on any atom is 0.412 e. The molecule has 0 bridgehead atoms. The van der Waals surface area contributed by atoms with E-state index in [-0.39, 0.29) is 16.9 Å². The van der Waals surface area contributed by atoms with Crippen molar-refractivity contribution in [2.75, 3.05) is 10.6 Å². The number of rotatable bonds is 3. The molecule has 0 atom stereocenters. The van der Waals surface area contributed by atoms with Gasteiger partial charge in [-0.05, 0) is 51.1 Å². The molecular formula is C18H17F3N2O3. The Hall–Kier alpha value is -3.03. The monoisotopic (exact) mass is 366 g/mol. The van der Waals surface area contributed by atoms with Crippen LogP contribution in [-0.2, 0) is 4.74 Å². The zero-order valence-electron chi connectivity index (χ0n) is 14.3. The highest BCUT2D eigenvalue weighted by Crippen LogP contribution is 2.22. The summed E-state index contributed by atoms with van der Waals surface area (Å²) in [6, 6.07) is 5.91. The number of anilines is 2. The van der Waals surface area contributed by atoms with Gasteiger partial charge in [-0.15, -0.1) is 0 Å². The molecule has 2 aromatic carbocycles. The standard InChI is InChI=1S/C18H17F3N2O3/c1-18(2,3)26-17(25)23-15-9-11(5-7-13(15)20)22-16(24)12-6-4-10(19)8-14(12)21/h4-9H,1-3H3,(H,22,24)(H,23,25). The number of hydrogen-bond acceptors (Lipinski definition) is 3. The highest BCUT2D eigenvalue weighted by Gasteiger charge is 2.18. The molecule has 26 heavy (non-hydrogen) atoms. The second kappa shape index (κ2) is 7.47. The number of carbonyl (C=O) groups is 2. The highest BCUT2D eigenvalue weighted by molar-refractivity contribution is 6.04. The molecule has 2 rings (SSSR count). The molecule has 0 spiro atoms. The van der Waals surface area contributed by atoms with Crippen LogP contribution in [0, 0.1) is 17.5 Å². The number of nitrogens with one attached hydrogen (secondary N) is 2. The van der Waals surface area contributed by atoms with Crippen molar-refractivity contribution in [3.8, 4) is 0 Å². The zero-order chi connectivity index (χ0) is 19.5. The third-order valence-corrected chi connectivity index (χ3v) is 3.04. The van der Waals surface area contributed by atoms with Crippen molar-refractivity contribution < 1.29 is 27.5 Å². The molecule has 2 aromatic rings. The van der Waals surface area contributed by atoms with Crippen molar-refractivity contribution in [1.29, 1.82) is 0 Å². The first kappa shape index (κ1) is 19.3. The topological polar surface area (TPSA) is 67.4 Å². The SMILES string of the molecule is CC(C)(C)OC(=O)Nc1cc(NC(=O)c2ccc(F)cc2F)ccc1F. The third-order valence-electron chi connectivity index (χ3n) is 3.04. The Balaban J connectivity index is 2.16. The van der Waals surface area contributed by atoms with Crippen molar-refractivity contribution >= 4 is 23.4 Å². The van der Waals surface area contributed by atoms with E-state index in [1.807, 2.05) is 0 Å². The number of hydrogen-bond donors (Lipinski definition) is 2. The molecule has 0 aliphatic heterocycles. The largest absolute Gasteiger partial charge is 0.444 e. The van der Waals surface area contributed by atoms with E-state index in [1.54, 1.807) is 20.8 Å². The number of benzene rings is 2. The summed E-state index contributed by atoms with van der Waals surface area (Å²) in [7, 11) is 0. The number of halogens is 3. The average Bonchev–Trinajstić information content (AvgIpc) is 2.48. The lowest BCUT2D eigenvalue weighted by molar-refractivity contribution is 0.0635. The molecule has 2 amide bonds. The van der Waals surface area contributed by atoms with E-state index in [0.717, 1.165) is 24.3 Å². The fourth-order valence-corrected chi connectivity index (χ4v) is 1.98. The molecule has 0 aliphatic rings. The van der Waals surface area contributed by atoms with Gasteiger partial charge in [-0.25, -0.2) is 18.0 Å². The van der Waals surface area contributed by atoms with Crippen LogP contribution in [0.15, 0.2) is 36.4 Å². The molecule has 0 aliphatic carbocycles. The fraction of sp³-hybridized carbons (Fsp3) is 0.222. The molecule has 8 heteroatoms. The van der Waals surface area contributed by atoms with Crippen LogP contribution in [0.5, 0.6) is 0 Å². The summed E-state index contributed by atoms with van der Waals surface area (Å²) in [6.45, 7) is 4.95. The number of carbonyl (C=O) groups excluding carboxylic acids is 2. The Labute approximate surface area is 148 Å². The molecule has 0 aromatic heterocycles. The molecule has 138 valence electrons. The van der Waals surface area contributed by atoms with Gasteiger partial charge in [0.25, 0.3) is 5.91 Å². The normalized spacial score (nSPS) is 11.0. The minimum absolute atomic E-state index is 0.103. The first-order chi connectivity index (χ1) is 12.0. The van der Waals surface area contributed by atoms with Gasteiger partial charge < -0.3 is 10.1 Å². The van der Waals surface area contributed by atoms with E-state index in [9.17, 15) is 22.8 Å². The predicted molar refractivity (Wildman–Crippen MR) is 90.6 cm³/mol. The predicted octanol–water partition coefficient (Wildman–Crippen LogP) is 4.70. The molecule has 0 heterocycles. The van der Waals surface area contributed by atoms with Crippen LogP contribution in [0.2, 0.25) is 0 Å². The van der Waals surface area contributed by atoms with Crippen LogP contribution >= 0.6 is 0 Å². The zero-order valence-corrected chi connectivity index (χ0v) is 14.3. The van der Waals surface area contributed by atoms with Gasteiger partial charge in [0.2, 0.25) is 0 Å². The lowest BCUT2D eigenvalue weighted by atomic mass is 10.2. The molecule has 5 nitrogen and oxygen atoms in total. The number of ether oxygens (including phenoxy) is 1. The van der Waals surface area contributed by atoms with Gasteiger partial charge in [-0.1, -0.05) is 0 Å². The van der Waals surface area contributed by atoms with Crippen molar-refractivity contribution in [1.82, 2.24) is 0 Å². The summed E-state index contributed by atoms with van der Waals surface area (Å²) in [5.74, 6) is -3.44. The van der Waals surface area contributed by atoms with Gasteiger partial charge >= 0.3 is 6.09 Å².